The second-order valence-electron chi connectivity index (χ2n) is 3.83. The molecular weight excluding hydrogens is 254 g/mol. The molecule has 102 valence electrons. The number of nitrogens with zero attached hydrogens (tertiary/aromatic N) is 2. The molecule has 1 unspecified atom stereocenters. The van der Waals surface area contributed by atoms with Gasteiger partial charge in [-0.3, -0.25) is 0 Å². The van der Waals surface area contributed by atoms with Gasteiger partial charge in [-0.15, -0.1) is 0 Å². The summed E-state index contributed by atoms with van der Waals surface area (Å²) < 4.78 is 10.6. The Bertz CT molecular complexity index is 363. The Kier molecular flexibility index (Phi) is 6.93. The molecule has 0 aliphatic rings. The largest absolute Gasteiger partial charge is 0.380 e. The summed E-state index contributed by atoms with van der Waals surface area (Å²) in [6, 6.07) is 1.86. The molecule has 6 heteroatoms. The molecule has 0 radical (unpaired) electrons. The molecule has 1 heterocycles. The standard InChI is InChI=1S/C12H20ClN3O2/c1-4-17-7-9(3)14-11-6-10(13)15-12(16-11)8-18-5-2/h6,9H,4-5,7-8H2,1-3H3,(H,14,15,16). The Balaban J connectivity index is 2.61. The van der Waals surface area contributed by atoms with Crippen LogP contribution in [0.25, 0.3) is 0 Å². The second kappa shape index (κ2) is 8.24. The third-order valence-corrected chi connectivity index (χ3v) is 2.34. The first-order chi connectivity index (χ1) is 8.65. The van der Waals surface area contributed by atoms with Gasteiger partial charge in [-0.25, -0.2) is 9.97 Å². The molecule has 0 spiro atoms. The molecule has 1 aromatic rings. The molecule has 0 aromatic carbocycles. The lowest BCUT2D eigenvalue weighted by Crippen LogP contribution is -2.22. The Morgan fingerprint density at radius 1 is 1.28 bits per heavy atom. The molecule has 0 saturated heterocycles. The molecule has 1 N–H and O–H groups in total. The maximum atomic E-state index is 5.94. The SMILES string of the molecule is CCOCc1nc(Cl)cc(NC(C)COCC)n1. The lowest BCUT2D eigenvalue weighted by atomic mass is 10.3. The maximum absolute atomic E-state index is 5.94. The highest BCUT2D eigenvalue weighted by atomic mass is 35.5. The minimum absolute atomic E-state index is 0.163. The van der Waals surface area contributed by atoms with Crippen molar-refractivity contribution in [2.45, 2.75) is 33.4 Å². The van der Waals surface area contributed by atoms with E-state index in [0.29, 0.717) is 43.2 Å². The third kappa shape index (κ3) is 5.62. The van der Waals surface area contributed by atoms with Crippen molar-refractivity contribution in [3.05, 3.63) is 17.0 Å². The van der Waals surface area contributed by atoms with E-state index in [-0.39, 0.29) is 6.04 Å². The minimum Gasteiger partial charge on any atom is -0.380 e. The van der Waals surface area contributed by atoms with Crippen molar-refractivity contribution in [3.63, 3.8) is 0 Å². The van der Waals surface area contributed by atoms with Crippen LogP contribution in [0.5, 0.6) is 0 Å². The fourth-order valence-electron chi connectivity index (χ4n) is 1.39. The van der Waals surface area contributed by atoms with Crippen LogP contribution in [0.1, 0.15) is 26.6 Å². The van der Waals surface area contributed by atoms with Crippen molar-refractivity contribution in [1.29, 1.82) is 0 Å². The van der Waals surface area contributed by atoms with Crippen molar-refractivity contribution in [2.75, 3.05) is 25.1 Å². The van der Waals surface area contributed by atoms with E-state index in [0.717, 1.165) is 0 Å². The van der Waals surface area contributed by atoms with Gasteiger partial charge in [0.25, 0.3) is 0 Å². The molecule has 0 amide bonds. The first kappa shape index (κ1) is 15.1. The number of anilines is 1. The predicted octanol–water partition coefficient (Wildman–Crippen LogP) is 2.50. The number of halogens is 1. The van der Waals surface area contributed by atoms with Gasteiger partial charge in [0.1, 0.15) is 17.6 Å². The molecule has 0 aliphatic carbocycles. The van der Waals surface area contributed by atoms with Gasteiger partial charge in [0.05, 0.1) is 6.61 Å². The smallest absolute Gasteiger partial charge is 0.158 e. The Labute approximate surface area is 113 Å². The van der Waals surface area contributed by atoms with Gasteiger partial charge in [-0.05, 0) is 20.8 Å². The zero-order chi connectivity index (χ0) is 13.4. The zero-order valence-electron chi connectivity index (χ0n) is 11.1. The van der Waals surface area contributed by atoms with E-state index in [9.17, 15) is 0 Å². The number of nitrogens with one attached hydrogen (secondary N) is 1. The number of rotatable bonds is 8. The van der Waals surface area contributed by atoms with Crippen molar-refractivity contribution in [1.82, 2.24) is 9.97 Å². The van der Waals surface area contributed by atoms with Crippen LogP contribution in [0.15, 0.2) is 6.07 Å². The summed E-state index contributed by atoms with van der Waals surface area (Å²) in [5.74, 6) is 1.27. The van der Waals surface area contributed by atoms with Crippen molar-refractivity contribution in [2.24, 2.45) is 0 Å². The summed E-state index contributed by atoms with van der Waals surface area (Å²) in [4.78, 5) is 8.43. The van der Waals surface area contributed by atoms with Gasteiger partial charge in [0.15, 0.2) is 5.82 Å². The Hall–Kier alpha value is -0.910. The van der Waals surface area contributed by atoms with E-state index >= 15 is 0 Å². The van der Waals surface area contributed by atoms with E-state index in [2.05, 4.69) is 15.3 Å². The summed E-state index contributed by atoms with van der Waals surface area (Å²) in [5.41, 5.74) is 0. The summed E-state index contributed by atoms with van der Waals surface area (Å²) in [5, 5.41) is 3.63. The summed E-state index contributed by atoms with van der Waals surface area (Å²) in [6.45, 7) is 8.23. The fourth-order valence-corrected chi connectivity index (χ4v) is 1.59. The van der Waals surface area contributed by atoms with Crippen LogP contribution >= 0.6 is 11.6 Å². The van der Waals surface area contributed by atoms with Crippen LogP contribution in [0.4, 0.5) is 5.82 Å². The zero-order valence-corrected chi connectivity index (χ0v) is 11.8. The highest BCUT2D eigenvalue weighted by molar-refractivity contribution is 6.29. The fraction of sp³-hybridized carbons (Fsp3) is 0.667. The minimum atomic E-state index is 0.163. The molecule has 18 heavy (non-hydrogen) atoms. The van der Waals surface area contributed by atoms with E-state index in [1.54, 1.807) is 6.07 Å². The maximum Gasteiger partial charge on any atom is 0.158 e. The highest BCUT2D eigenvalue weighted by Gasteiger charge is 2.07. The highest BCUT2D eigenvalue weighted by Crippen LogP contribution is 2.13. The van der Waals surface area contributed by atoms with Gasteiger partial charge in [0, 0.05) is 25.3 Å². The molecule has 0 aliphatic heterocycles. The monoisotopic (exact) mass is 273 g/mol. The molecule has 1 rings (SSSR count). The number of aromatic nitrogens is 2. The molecule has 0 bridgehead atoms. The normalized spacial score (nSPS) is 12.4. The van der Waals surface area contributed by atoms with Crippen molar-refractivity contribution < 1.29 is 9.47 Å². The Morgan fingerprint density at radius 3 is 2.67 bits per heavy atom. The van der Waals surface area contributed by atoms with Gasteiger partial charge in [-0.2, -0.15) is 0 Å². The quantitative estimate of drug-likeness (QED) is 0.738. The number of ether oxygens (including phenoxy) is 2. The van der Waals surface area contributed by atoms with Crippen LogP contribution in [0.3, 0.4) is 0 Å². The number of hydrogen-bond acceptors (Lipinski definition) is 5. The van der Waals surface area contributed by atoms with Crippen LogP contribution in [0.2, 0.25) is 5.15 Å². The van der Waals surface area contributed by atoms with Crippen LogP contribution < -0.4 is 5.32 Å². The van der Waals surface area contributed by atoms with E-state index < -0.39 is 0 Å². The van der Waals surface area contributed by atoms with Crippen molar-refractivity contribution in [3.8, 4) is 0 Å². The average Bonchev–Trinajstić information content (AvgIpc) is 2.33. The van der Waals surface area contributed by atoms with Gasteiger partial charge < -0.3 is 14.8 Å². The van der Waals surface area contributed by atoms with Gasteiger partial charge in [0.2, 0.25) is 0 Å². The first-order valence-electron chi connectivity index (χ1n) is 6.11. The lowest BCUT2D eigenvalue weighted by molar-refractivity contribution is 0.128. The molecular formula is C12H20ClN3O2. The summed E-state index contributed by atoms with van der Waals surface area (Å²) >= 11 is 5.94. The van der Waals surface area contributed by atoms with Gasteiger partial charge >= 0.3 is 0 Å². The average molecular weight is 274 g/mol. The van der Waals surface area contributed by atoms with Crippen LogP contribution in [-0.2, 0) is 16.1 Å². The van der Waals surface area contributed by atoms with Crippen LogP contribution in [0, 0.1) is 0 Å². The van der Waals surface area contributed by atoms with E-state index in [4.69, 9.17) is 21.1 Å². The topological polar surface area (TPSA) is 56.3 Å². The van der Waals surface area contributed by atoms with E-state index in [1.807, 2.05) is 20.8 Å². The van der Waals surface area contributed by atoms with Gasteiger partial charge in [-0.1, -0.05) is 11.6 Å². The molecule has 1 atom stereocenters. The predicted molar refractivity (Wildman–Crippen MR) is 71.9 cm³/mol. The lowest BCUT2D eigenvalue weighted by Gasteiger charge is -2.14. The molecule has 0 saturated carbocycles. The molecule has 1 aromatic heterocycles. The third-order valence-electron chi connectivity index (χ3n) is 2.14. The molecule has 5 nitrogen and oxygen atoms in total. The Morgan fingerprint density at radius 2 is 2.00 bits per heavy atom. The summed E-state index contributed by atoms with van der Waals surface area (Å²) in [7, 11) is 0. The van der Waals surface area contributed by atoms with E-state index in [1.165, 1.54) is 0 Å². The molecule has 0 fully saturated rings. The van der Waals surface area contributed by atoms with Crippen LogP contribution in [-0.4, -0.2) is 35.8 Å². The first-order valence-corrected chi connectivity index (χ1v) is 6.49. The number of hydrogen-bond donors (Lipinski definition) is 1. The van der Waals surface area contributed by atoms with Crippen molar-refractivity contribution >= 4 is 17.4 Å². The summed E-state index contributed by atoms with van der Waals surface area (Å²) in [6.07, 6.45) is 0. The second-order valence-corrected chi connectivity index (χ2v) is 4.22.